The van der Waals surface area contributed by atoms with Crippen LogP contribution in [0.1, 0.15) is 63.0 Å². The van der Waals surface area contributed by atoms with Gasteiger partial charge in [-0.2, -0.15) is 0 Å². The highest BCUT2D eigenvalue weighted by Crippen LogP contribution is 2.45. The van der Waals surface area contributed by atoms with Gasteiger partial charge in [-0.25, -0.2) is 0 Å². The SMILES string of the molecule is CC(C)(C)c1cc(O)c(-c2c(C=O)ccc3ccccc23)c(C(C)(C)C)c1. The molecule has 0 unspecified atom stereocenters. The molecule has 3 aromatic carbocycles. The van der Waals surface area contributed by atoms with Crippen molar-refractivity contribution in [2.75, 3.05) is 0 Å². The Kier molecular flexibility index (Phi) is 4.63. The van der Waals surface area contributed by atoms with Gasteiger partial charge in [0.05, 0.1) is 0 Å². The second kappa shape index (κ2) is 6.53. The molecule has 0 aliphatic heterocycles. The van der Waals surface area contributed by atoms with Crippen molar-refractivity contribution in [1.82, 2.24) is 0 Å². The first-order valence-electron chi connectivity index (χ1n) is 9.39. The smallest absolute Gasteiger partial charge is 0.150 e. The molecule has 0 fully saturated rings. The van der Waals surface area contributed by atoms with Gasteiger partial charge in [0.2, 0.25) is 0 Å². The highest BCUT2D eigenvalue weighted by Gasteiger charge is 2.27. The van der Waals surface area contributed by atoms with Crippen molar-refractivity contribution in [3.05, 3.63) is 65.2 Å². The van der Waals surface area contributed by atoms with Gasteiger partial charge in [-0.1, -0.05) is 84.0 Å². The molecule has 0 saturated carbocycles. The molecule has 0 aromatic heterocycles. The Balaban J connectivity index is 2.49. The van der Waals surface area contributed by atoms with E-state index in [0.717, 1.165) is 39.3 Å². The maximum absolute atomic E-state index is 11.9. The third-order valence-electron chi connectivity index (χ3n) is 5.13. The summed E-state index contributed by atoms with van der Waals surface area (Å²) in [6, 6.07) is 15.8. The standard InChI is InChI=1S/C25H28O2/c1-24(2,3)18-13-20(25(4,5)6)23(21(27)14-18)22-17(15-26)12-11-16-9-7-8-10-19(16)22/h7-15,27H,1-6H3. The number of aromatic hydroxyl groups is 1. The van der Waals surface area contributed by atoms with E-state index in [1.807, 2.05) is 42.5 Å². The van der Waals surface area contributed by atoms with Crippen LogP contribution in [0.4, 0.5) is 0 Å². The Morgan fingerprint density at radius 2 is 1.48 bits per heavy atom. The molecule has 0 atom stereocenters. The Bertz CT molecular complexity index is 1010. The molecule has 2 heteroatoms. The number of rotatable bonds is 2. The van der Waals surface area contributed by atoms with E-state index in [9.17, 15) is 9.90 Å². The normalized spacial score (nSPS) is 12.4. The molecule has 0 heterocycles. The quantitative estimate of drug-likeness (QED) is 0.521. The summed E-state index contributed by atoms with van der Waals surface area (Å²) in [5.41, 5.74) is 4.03. The first-order chi connectivity index (χ1) is 12.5. The highest BCUT2D eigenvalue weighted by molar-refractivity contribution is 6.06. The minimum absolute atomic E-state index is 0.0811. The van der Waals surface area contributed by atoms with E-state index in [2.05, 4.69) is 47.6 Å². The lowest BCUT2D eigenvalue weighted by Gasteiger charge is -2.29. The van der Waals surface area contributed by atoms with Gasteiger partial charge in [0.25, 0.3) is 0 Å². The summed E-state index contributed by atoms with van der Waals surface area (Å²) < 4.78 is 0. The van der Waals surface area contributed by atoms with E-state index in [-0.39, 0.29) is 16.6 Å². The summed E-state index contributed by atoms with van der Waals surface area (Å²) in [5, 5.41) is 13.1. The largest absolute Gasteiger partial charge is 0.507 e. The summed E-state index contributed by atoms with van der Waals surface area (Å²) in [4.78, 5) is 11.9. The van der Waals surface area contributed by atoms with Crippen LogP contribution in [0.5, 0.6) is 5.75 Å². The first-order valence-corrected chi connectivity index (χ1v) is 9.39. The molecule has 0 amide bonds. The van der Waals surface area contributed by atoms with Gasteiger partial charge in [-0.05, 0) is 38.8 Å². The number of hydrogen-bond donors (Lipinski definition) is 1. The third kappa shape index (κ3) is 3.49. The minimum Gasteiger partial charge on any atom is -0.507 e. The van der Waals surface area contributed by atoms with Crippen LogP contribution in [0.3, 0.4) is 0 Å². The number of benzene rings is 3. The Morgan fingerprint density at radius 3 is 2.07 bits per heavy atom. The van der Waals surface area contributed by atoms with Crippen molar-refractivity contribution in [2.45, 2.75) is 52.4 Å². The lowest BCUT2D eigenvalue weighted by molar-refractivity contribution is 0.112. The van der Waals surface area contributed by atoms with Crippen LogP contribution in [0, 0.1) is 0 Å². The number of hydrogen-bond acceptors (Lipinski definition) is 2. The number of carbonyl (C=O) groups excluding carboxylic acids is 1. The summed E-state index contributed by atoms with van der Waals surface area (Å²) in [7, 11) is 0. The van der Waals surface area contributed by atoms with E-state index in [0.29, 0.717) is 5.56 Å². The molecule has 3 rings (SSSR count). The van der Waals surface area contributed by atoms with Gasteiger partial charge in [0.1, 0.15) is 5.75 Å². The first kappa shape index (κ1) is 19.2. The maximum Gasteiger partial charge on any atom is 0.150 e. The average Bonchev–Trinajstić information content (AvgIpc) is 2.58. The van der Waals surface area contributed by atoms with E-state index < -0.39 is 0 Å². The van der Waals surface area contributed by atoms with Crippen molar-refractivity contribution < 1.29 is 9.90 Å². The number of phenolic OH excluding ortho intramolecular Hbond substituents is 1. The van der Waals surface area contributed by atoms with Crippen LogP contribution in [0.15, 0.2) is 48.5 Å². The number of aldehydes is 1. The fourth-order valence-corrected chi connectivity index (χ4v) is 3.58. The van der Waals surface area contributed by atoms with Crippen LogP contribution in [0.2, 0.25) is 0 Å². The zero-order valence-corrected chi connectivity index (χ0v) is 17.1. The summed E-state index contributed by atoms with van der Waals surface area (Å²) >= 11 is 0. The molecule has 0 bridgehead atoms. The van der Waals surface area contributed by atoms with Crippen molar-refractivity contribution in [3.63, 3.8) is 0 Å². The van der Waals surface area contributed by atoms with Crippen molar-refractivity contribution in [2.24, 2.45) is 0 Å². The lowest BCUT2D eigenvalue weighted by atomic mass is 9.75. The molecule has 0 radical (unpaired) electrons. The van der Waals surface area contributed by atoms with Gasteiger partial charge < -0.3 is 5.11 Å². The lowest BCUT2D eigenvalue weighted by Crippen LogP contribution is -2.18. The van der Waals surface area contributed by atoms with E-state index in [1.165, 1.54) is 0 Å². The Hall–Kier alpha value is -2.61. The molecule has 0 saturated heterocycles. The summed E-state index contributed by atoms with van der Waals surface area (Å²) in [5.74, 6) is 0.229. The molecule has 2 nitrogen and oxygen atoms in total. The molecule has 0 aliphatic rings. The number of carbonyl (C=O) groups is 1. The van der Waals surface area contributed by atoms with Crippen LogP contribution >= 0.6 is 0 Å². The molecule has 1 N–H and O–H groups in total. The zero-order chi connectivity index (χ0) is 20.0. The fourth-order valence-electron chi connectivity index (χ4n) is 3.58. The maximum atomic E-state index is 11.9. The predicted octanol–water partition coefficient (Wildman–Crippen LogP) is 6.62. The van der Waals surface area contributed by atoms with E-state index in [1.54, 1.807) is 0 Å². The highest BCUT2D eigenvalue weighted by atomic mass is 16.3. The van der Waals surface area contributed by atoms with E-state index >= 15 is 0 Å². The van der Waals surface area contributed by atoms with Crippen molar-refractivity contribution in [1.29, 1.82) is 0 Å². The van der Waals surface area contributed by atoms with Gasteiger partial charge in [0, 0.05) is 16.7 Å². The topological polar surface area (TPSA) is 37.3 Å². The van der Waals surface area contributed by atoms with Crippen LogP contribution in [-0.2, 0) is 10.8 Å². The van der Waals surface area contributed by atoms with Crippen LogP contribution in [-0.4, -0.2) is 11.4 Å². The van der Waals surface area contributed by atoms with Gasteiger partial charge in [-0.3, -0.25) is 4.79 Å². The fraction of sp³-hybridized carbons (Fsp3) is 0.320. The number of fused-ring (bicyclic) bond motifs is 1. The molecule has 3 aromatic rings. The Morgan fingerprint density at radius 1 is 0.815 bits per heavy atom. The minimum atomic E-state index is -0.189. The van der Waals surface area contributed by atoms with Gasteiger partial charge in [0.15, 0.2) is 6.29 Å². The molecular formula is C25H28O2. The molecule has 0 spiro atoms. The van der Waals surface area contributed by atoms with Crippen LogP contribution < -0.4 is 0 Å². The van der Waals surface area contributed by atoms with Crippen molar-refractivity contribution in [3.8, 4) is 16.9 Å². The van der Waals surface area contributed by atoms with Gasteiger partial charge in [-0.15, -0.1) is 0 Å². The molecule has 27 heavy (non-hydrogen) atoms. The van der Waals surface area contributed by atoms with Crippen molar-refractivity contribution >= 4 is 17.1 Å². The van der Waals surface area contributed by atoms with Crippen LogP contribution in [0.25, 0.3) is 21.9 Å². The Labute approximate surface area is 161 Å². The summed E-state index contributed by atoms with van der Waals surface area (Å²) in [6.07, 6.45) is 0.880. The van der Waals surface area contributed by atoms with E-state index in [4.69, 9.17) is 0 Å². The third-order valence-corrected chi connectivity index (χ3v) is 5.13. The second-order valence-electron chi connectivity index (χ2n) is 9.29. The zero-order valence-electron chi connectivity index (χ0n) is 17.1. The molecular weight excluding hydrogens is 332 g/mol. The summed E-state index contributed by atoms with van der Waals surface area (Å²) in [6.45, 7) is 12.9. The van der Waals surface area contributed by atoms with Gasteiger partial charge >= 0.3 is 0 Å². The second-order valence-corrected chi connectivity index (χ2v) is 9.29. The average molecular weight is 360 g/mol. The number of phenols is 1. The molecule has 0 aliphatic carbocycles. The molecule has 140 valence electrons. The predicted molar refractivity (Wildman–Crippen MR) is 114 cm³/mol. The monoisotopic (exact) mass is 360 g/mol.